The van der Waals surface area contributed by atoms with Crippen molar-refractivity contribution in [2.75, 3.05) is 44.6 Å². The van der Waals surface area contributed by atoms with Gasteiger partial charge in [0, 0.05) is 29.8 Å². The number of hydrogen-bond acceptors (Lipinski definition) is 8. The van der Waals surface area contributed by atoms with Crippen molar-refractivity contribution in [2.45, 2.75) is 0 Å². The van der Waals surface area contributed by atoms with Crippen molar-refractivity contribution in [2.24, 2.45) is 5.14 Å². The van der Waals surface area contributed by atoms with Crippen molar-refractivity contribution in [3.05, 3.63) is 48.6 Å². The second-order valence-corrected chi connectivity index (χ2v) is 6.24. The third-order valence-corrected chi connectivity index (χ3v) is 4.47. The van der Waals surface area contributed by atoms with Crippen molar-refractivity contribution < 1.29 is 23.7 Å². The van der Waals surface area contributed by atoms with E-state index in [-0.39, 0.29) is 5.91 Å². The van der Waals surface area contributed by atoms with E-state index in [1.807, 2.05) is 24.3 Å². The van der Waals surface area contributed by atoms with Crippen LogP contribution in [0.2, 0.25) is 0 Å². The number of nitrogens with two attached hydrogens (primary N) is 1. The van der Waals surface area contributed by atoms with Crippen molar-refractivity contribution in [3.63, 3.8) is 0 Å². The van der Waals surface area contributed by atoms with Gasteiger partial charge in [-0.1, -0.05) is 18.7 Å². The highest BCUT2D eigenvalue weighted by molar-refractivity contribution is 7.98. The number of carbonyl (C=O) groups excluding carboxylic acids is 1. The zero-order valence-electron chi connectivity index (χ0n) is 16.9. The zero-order valence-corrected chi connectivity index (χ0v) is 17.7. The van der Waals surface area contributed by atoms with E-state index in [4.69, 9.17) is 24.1 Å². The zero-order chi connectivity index (χ0) is 21.4. The number of nitrogens with one attached hydrogen (secondary N) is 1. The number of ether oxygens (including phenoxy) is 4. The smallest absolute Gasteiger partial charge is 0.255 e. The monoisotopic (exact) mass is 419 g/mol. The lowest BCUT2D eigenvalue weighted by Gasteiger charge is -2.33. The van der Waals surface area contributed by atoms with E-state index >= 15 is 0 Å². The summed E-state index contributed by atoms with van der Waals surface area (Å²) in [5, 5.41) is 5.23. The molecule has 2 aromatic carbocycles. The number of nitrogens with zero attached hydrogens (tertiary/aromatic N) is 1. The molecule has 1 fully saturated rings. The van der Waals surface area contributed by atoms with Gasteiger partial charge in [0.05, 0.1) is 46.4 Å². The molecule has 1 saturated heterocycles. The van der Waals surface area contributed by atoms with E-state index in [9.17, 15) is 4.79 Å². The molecule has 1 aliphatic heterocycles. The number of para-hydroxylation sites is 2. The van der Waals surface area contributed by atoms with E-state index in [0.29, 0.717) is 35.1 Å². The Balaban J connectivity index is 0.000000234. The van der Waals surface area contributed by atoms with Gasteiger partial charge in [0.15, 0.2) is 11.5 Å². The molecule has 1 aliphatic rings. The van der Waals surface area contributed by atoms with Crippen LogP contribution in [-0.4, -0.2) is 40.9 Å². The van der Waals surface area contributed by atoms with Gasteiger partial charge in [0.2, 0.25) is 5.75 Å². The van der Waals surface area contributed by atoms with Crippen LogP contribution in [0.4, 0.5) is 11.4 Å². The second kappa shape index (κ2) is 10.5. The third-order valence-electron chi connectivity index (χ3n) is 4.13. The summed E-state index contributed by atoms with van der Waals surface area (Å²) in [5.41, 5.74) is 2.20. The fraction of sp³-hybridized carbons (Fsp3) is 0.250. The van der Waals surface area contributed by atoms with E-state index < -0.39 is 0 Å². The third kappa shape index (κ3) is 5.07. The number of methoxy groups -OCH3 is 4. The van der Waals surface area contributed by atoms with E-state index in [2.05, 4.69) is 11.3 Å². The fourth-order valence-electron chi connectivity index (χ4n) is 2.65. The number of carbonyl (C=O) groups is 1. The SMILES string of the molecule is C=C1CN(c2cc(OC)c(OC)c(OC)c2)C1=O.COc1ccccc1NSN. The standard InChI is InChI=1S/C13H15NO4.C7H10N2OS/c1-8-7-14(13(8)15)9-5-10(16-2)12(18-4)11(6-9)17-3;1-10-7-5-3-2-4-6(7)9-11-8/h5-6H,1,7H2,2-4H3;2-5,9H,8H2,1H3. The Morgan fingerprint density at radius 3 is 2.03 bits per heavy atom. The van der Waals surface area contributed by atoms with Crippen LogP contribution in [0.25, 0.3) is 0 Å². The molecule has 0 saturated carbocycles. The molecule has 1 heterocycles. The minimum absolute atomic E-state index is 0.0794. The summed E-state index contributed by atoms with van der Waals surface area (Å²) >= 11 is 1.05. The normalized spacial score (nSPS) is 12.4. The average molecular weight is 420 g/mol. The first kappa shape index (κ1) is 22.3. The highest BCUT2D eigenvalue weighted by atomic mass is 32.2. The van der Waals surface area contributed by atoms with E-state index in [1.54, 1.807) is 24.1 Å². The van der Waals surface area contributed by atoms with Crippen LogP contribution >= 0.6 is 12.1 Å². The Bertz CT molecular complexity index is 850. The predicted molar refractivity (Wildman–Crippen MR) is 116 cm³/mol. The van der Waals surface area contributed by atoms with Crippen LogP contribution in [0.5, 0.6) is 23.0 Å². The maximum atomic E-state index is 11.6. The van der Waals surface area contributed by atoms with Gasteiger partial charge >= 0.3 is 0 Å². The number of hydrogen-bond donors (Lipinski definition) is 2. The van der Waals surface area contributed by atoms with Gasteiger partial charge in [0.25, 0.3) is 5.91 Å². The predicted octanol–water partition coefficient (Wildman–Crippen LogP) is 3.24. The summed E-state index contributed by atoms with van der Waals surface area (Å²) in [4.78, 5) is 13.2. The highest BCUT2D eigenvalue weighted by Gasteiger charge is 2.31. The highest BCUT2D eigenvalue weighted by Crippen LogP contribution is 2.42. The molecule has 0 spiro atoms. The van der Waals surface area contributed by atoms with Gasteiger partial charge in [-0.25, -0.2) is 0 Å². The maximum absolute atomic E-state index is 11.6. The molecular weight excluding hydrogens is 394 g/mol. The molecule has 0 radical (unpaired) electrons. The van der Waals surface area contributed by atoms with Gasteiger partial charge in [-0.2, -0.15) is 0 Å². The fourth-order valence-corrected chi connectivity index (χ4v) is 2.95. The molecule has 29 heavy (non-hydrogen) atoms. The number of anilines is 2. The molecule has 2 aromatic rings. The molecule has 0 aromatic heterocycles. The molecule has 0 bridgehead atoms. The molecule has 1 amide bonds. The van der Waals surface area contributed by atoms with Crippen molar-refractivity contribution >= 4 is 29.4 Å². The lowest BCUT2D eigenvalue weighted by molar-refractivity contribution is -0.117. The largest absolute Gasteiger partial charge is 0.495 e. The average Bonchev–Trinajstić information content (AvgIpc) is 2.77. The molecule has 3 N–H and O–H groups in total. The van der Waals surface area contributed by atoms with Crippen LogP contribution in [0.1, 0.15) is 0 Å². The number of benzene rings is 2. The molecule has 9 heteroatoms. The molecule has 156 valence electrons. The summed E-state index contributed by atoms with van der Waals surface area (Å²) < 4.78 is 23.7. The summed E-state index contributed by atoms with van der Waals surface area (Å²) in [7, 11) is 6.24. The first-order valence-electron chi connectivity index (χ1n) is 8.55. The molecule has 0 aliphatic carbocycles. The molecule has 0 unspecified atom stereocenters. The van der Waals surface area contributed by atoms with Gasteiger partial charge in [0.1, 0.15) is 5.75 Å². The Hall–Kier alpha value is -3.04. The minimum atomic E-state index is -0.0794. The summed E-state index contributed by atoms with van der Waals surface area (Å²) in [6.45, 7) is 4.18. The lowest BCUT2D eigenvalue weighted by Crippen LogP contribution is -2.45. The van der Waals surface area contributed by atoms with Gasteiger partial charge in [-0.3, -0.25) is 9.93 Å². The van der Waals surface area contributed by atoms with Crippen LogP contribution in [-0.2, 0) is 4.79 Å². The summed E-state index contributed by atoms with van der Waals surface area (Å²) in [6, 6.07) is 11.1. The van der Waals surface area contributed by atoms with Crippen LogP contribution in [0.15, 0.2) is 48.6 Å². The van der Waals surface area contributed by atoms with Crippen LogP contribution in [0, 0.1) is 0 Å². The Morgan fingerprint density at radius 1 is 1.00 bits per heavy atom. The second-order valence-electron chi connectivity index (χ2n) is 5.80. The maximum Gasteiger partial charge on any atom is 0.255 e. The van der Waals surface area contributed by atoms with Gasteiger partial charge < -0.3 is 28.6 Å². The topological polar surface area (TPSA) is 95.3 Å². The minimum Gasteiger partial charge on any atom is -0.495 e. The Labute approximate surface area is 174 Å². The first-order chi connectivity index (χ1) is 14.0. The van der Waals surface area contributed by atoms with Crippen LogP contribution < -0.4 is 33.7 Å². The van der Waals surface area contributed by atoms with Crippen molar-refractivity contribution in [1.29, 1.82) is 0 Å². The van der Waals surface area contributed by atoms with E-state index in [1.165, 1.54) is 21.3 Å². The molecule has 0 atom stereocenters. The number of β-lactam (4-membered cyclic amide) rings is 1. The molecular formula is C20H25N3O5S. The summed E-state index contributed by atoms with van der Waals surface area (Å²) in [6.07, 6.45) is 0. The summed E-state index contributed by atoms with van der Waals surface area (Å²) in [5.74, 6) is 2.28. The van der Waals surface area contributed by atoms with Crippen molar-refractivity contribution in [1.82, 2.24) is 0 Å². The quantitative estimate of drug-likeness (QED) is 0.401. The van der Waals surface area contributed by atoms with E-state index in [0.717, 1.165) is 23.6 Å². The van der Waals surface area contributed by atoms with Gasteiger partial charge in [-0.05, 0) is 12.1 Å². The lowest BCUT2D eigenvalue weighted by atomic mass is 10.1. The van der Waals surface area contributed by atoms with Gasteiger partial charge in [-0.15, -0.1) is 0 Å². The van der Waals surface area contributed by atoms with Crippen LogP contribution in [0.3, 0.4) is 0 Å². The number of amides is 1. The first-order valence-corrected chi connectivity index (χ1v) is 9.43. The Kier molecular flexibility index (Phi) is 8.05. The van der Waals surface area contributed by atoms with Crippen molar-refractivity contribution in [3.8, 4) is 23.0 Å². The number of rotatable bonds is 7. The molecule has 8 nitrogen and oxygen atoms in total. The molecule has 3 rings (SSSR count). The Morgan fingerprint density at radius 2 is 1.59 bits per heavy atom.